The number of ether oxygens (including phenoxy) is 1. The summed E-state index contributed by atoms with van der Waals surface area (Å²) in [5.74, 6) is 0. The quantitative estimate of drug-likeness (QED) is 0.720. The molecule has 1 unspecified atom stereocenters. The summed E-state index contributed by atoms with van der Waals surface area (Å²) in [6.07, 6.45) is 0. The SMILES string of the molecule is CC(c1cccs1)N1CCOCC1. The topological polar surface area (TPSA) is 12.5 Å². The Bertz CT molecular complexity index is 241. The largest absolute Gasteiger partial charge is 0.379 e. The van der Waals surface area contributed by atoms with Crippen LogP contribution in [0.5, 0.6) is 0 Å². The van der Waals surface area contributed by atoms with E-state index in [1.165, 1.54) is 4.88 Å². The van der Waals surface area contributed by atoms with Crippen molar-refractivity contribution in [3.63, 3.8) is 0 Å². The van der Waals surface area contributed by atoms with E-state index in [1.807, 2.05) is 11.3 Å². The van der Waals surface area contributed by atoms with E-state index in [1.54, 1.807) is 0 Å². The molecule has 0 bridgehead atoms. The lowest BCUT2D eigenvalue weighted by Crippen LogP contribution is -2.37. The third kappa shape index (κ3) is 2.10. The molecule has 72 valence electrons. The first-order valence-electron chi connectivity index (χ1n) is 4.73. The van der Waals surface area contributed by atoms with Gasteiger partial charge in [0.05, 0.1) is 13.2 Å². The molecule has 1 aromatic rings. The maximum Gasteiger partial charge on any atom is 0.0594 e. The maximum atomic E-state index is 5.33. The molecule has 1 aliphatic heterocycles. The molecule has 0 aromatic carbocycles. The van der Waals surface area contributed by atoms with Crippen LogP contribution in [0.1, 0.15) is 17.8 Å². The predicted molar refractivity (Wildman–Crippen MR) is 55.1 cm³/mol. The average Bonchev–Trinajstić information content (AvgIpc) is 2.71. The standard InChI is InChI=1S/C10H15NOS/c1-9(10-3-2-8-13-10)11-4-6-12-7-5-11/h2-3,8-9H,4-7H2,1H3. The number of thiophene rings is 1. The Kier molecular flexibility index (Phi) is 2.98. The van der Waals surface area contributed by atoms with Crippen LogP contribution < -0.4 is 0 Å². The normalized spacial score (nSPS) is 21.6. The summed E-state index contributed by atoms with van der Waals surface area (Å²) in [5, 5.41) is 2.15. The summed E-state index contributed by atoms with van der Waals surface area (Å²) >= 11 is 1.84. The molecule has 2 heterocycles. The summed E-state index contributed by atoms with van der Waals surface area (Å²) in [7, 11) is 0. The molecule has 1 saturated heterocycles. The number of morpholine rings is 1. The molecule has 0 aliphatic carbocycles. The molecule has 2 rings (SSSR count). The van der Waals surface area contributed by atoms with Crippen molar-refractivity contribution >= 4 is 11.3 Å². The van der Waals surface area contributed by atoms with Gasteiger partial charge in [-0.05, 0) is 18.4 Å². The number of rotatable bonds is 2. The van der Waals surface area contributed by atoms with E-state index < -0.39 is 0 Å². The Morgan fingerprint density at radius 1 is 1.46 bits per heavy atom. The first-order valence-corrected chi connectivity index (χ1v) is 5.61. The van der Waals surface area contributed by atoms with Gasteiger partial charge in [0.25, 0.3) is 0 Å². The van der Waals surface area contributed by atoms with Gasteiger partial charge >= 0.3 is 0 Å². The van der Waals surface area contributed by atoms with Crippen LogP contribution in [0.25, 0.3) is 0 Å². The first kappa shape index (κ1) is 9.19. The molecule has 0 radical (unpaired) electrons. The van der Waals surface area contributed by atoms with Crippen molar-refractivity contribution in [3.8, 4) is 0 Å². The van der Waals surface area contributed by atoms with E-state index in [9.17, 15) is 0 Å². The Balaban J connectivity index is 1.99. The van der Waals surface area contributed by atoms with Gasteiger partial charge in [-0.1, -0.05) is 6.07 Å². The molecule has 13 heavy (non-hydrogen) atoms. The molecule has 1 fully saturated rings. The predicted octanol–water partition coefficient (Wildman–Crippen LogP) is 2.14. The van der Waals surface area contributed by atoms with E-state index >= 15 is 0 Å². The highest BCUT2D eigenvalue weighted by molar-refractivity contribution is 7.10. The van der Waals surface area contributed by atoms with Crippen LogP contribution in [0.15, 0.2) is 17.5 Å². The second kappa shape index (κ2) is 4.22. The molecule has 1 aromatic heterocycles. The van der Waals surface area contributed by atoms with Crippen molar-refractivity contribution in [2.24, 2.45) is 0 Å². The van der Waals surface area contributed by atoms with Crippen molar-refractivity contribution in [1.29, 1.82) is 0 Å². The fraction of sp³-hybridized carbons (Fsp3) is 0.600. The molecule has 3 heteroatoms. The highest BCUT2D eigenvalue weighted by Crippen LogP contribution is 2.24. The van der Waals surface area contributed by atoms with Gasteiger partial charge < -0.3 is 4.74 Å². The minimum Gasteiger partial charge on any atom is -0.379 e. The van der Waals surface area contributed by atoms with Crippen LogP contribution in [0.3, 0.4) is 0 Å². The third-order valence-electron chi connectivity index (χ3n) is 2.55. The average molecular weight is 197 g/mol. The van der Waals surface area contributed by atoms with Crippen LogP contribution in [0.2, 0.25) is 0 Å². The van der Waals surface area contributed by atoms with Gasteiger partial charge in [-0.25, -0.2) is 0 Å². The zero-order valence-corrected chi connectivity index (χ0v) is 8.72. The summed E-state index contributed by atoms with van der Waals surface area (Å²) in [4.78, 5) is 3.94. The lowest BCUT2D eigenvalue weighted by molar-refractivity contribution is 0.0205. The second-order valence-electron chi connectivity index (χ2n) is 3.34. The number of hydrogen-bond donors (Lipinski definition) is 0. The molecular formula is C10H15NOS. The van der Waals surface area contributed by atoms with Crippen LogP contribution in [0.4, 0.5) is 0 Å². The third-order valence-corrected chi connectivity index (χ3v) is 3.59. The van der Waals surface area contributed by atoms with Gasteiger partial charge in [0.1, 0.15) is 0 Å². The zero-order chi connectivity index (χ0) is 9.10. The minimum absolute atomic E-state index is 0.559. The fourth-order valence-electron chi connectivity index (χ4n) is 1.67. The summed E-state index contributed by atoms with van der Waals surface area (Å²) in [6, 6.07) is 4.89. The van der Waals surface area contributed by atoms with Gasteiger partial charge in [-0.15, -0.1) is 11.3 Å². The van der Waals surface area contributed by atoms with Crippen molar-refractivity contribution in [2.75, 3.05) is 26.3 Å². The number of nitrogens with zero attached hydrogens (tertiary/aromatic N) is 1. The molecule has 1 aliphatic rings. The lowest BCUT2D eigenvalue weighted by Gasteiger charge is -2.31. The highest BCUT2D eigenvalue weighted by atomic mass is 32.1. The summed E-state index contributed by atoms with van der Waals surface area (Å²) in [5.41, 5.74) is 0. The van der Waals surface area contributed by atoms with Crippen molar-refractivity contribution in [2.45, 2.75) is 13.0 Å². The zero-order valence-electron chi connectivity index (χ0n) is 7.90. The molecule has 2 nitrogen and oxygen atoms in total. The lowest BCUT2D eigenvalue weighted by atomic mass is 10.2. The van der Waals surface area contributed by atoms with Gasteiger partial charge in [0.2, 0.25) is 0 Å². The molecule has 0 N–H and O–H groups in total. The molecule has 0 saturated carbocycles. The monoisotopic (exact) mass is 197 g/mol. The minimum atomic E-state index is 0.559. The molecular weight excluding hydrogens is 182 g/mol. The first-order chi connectivity index (χ1) is 6.38. The Labute approximate surface area is 83.1 Å². The molecule has 0 amide bonds. The van der Waals surface area contributed by atoms with Gasteiger partial charge in [0, 0.05) is 24.0 Å². The van der Waals surface area contributed by atoms with E-state index in [4.69, 9.17) is 4.74 Å². The van der Waals surface area contributed by atoms with Crippen molar-refractivity contribution in [1.82, 2.24) is 4.90 Å². The van der Waals surface area contributed by atoms with Gasteiger partial charge in [-0.2, -0.15) is 0 Å². The summed E-state index contributed by atoms with van der Waals surface area (Å²) < 4.78 is 5.33. The van der Waals surface area contributed by atoms with E-state index in [0.717, 1.165) is 26.3 Å². The Morgan fingerprint density at radius 2 is 2.23 bits per heavy atom. The number of hydrogen-bond acceptors (Lipinski definition) is 3. The molecule has 0 spiro atoms. The van der Waals surface area contributed by atoms with E-state index in [-0.39, 0.29) is 0 Å². The van der Waals surface area contributed by atoms with Crippen molar-refractivity contribution < 1.29 is 4.74 Å². The van der Waals surface area contributed by atoms with Gasteiger partial charge in [0.15, 0.2) is 0 Å². The van der Waals surface area contributed by atoms with Crippen molar-refractivity contribution in [3.05, 3.63) is 22.4 Å². The van der Waals surface area contributed by atoms with E-state index in [2.05, 4.69) is 29.3 Å². The second-order valence-corrected chi connectivity index (χ2v) is 4.32. The maximum absolute atomic E-state index is 5.33. The molecule has 1 atom stereocenters. The smallest absolute Gasteiger partial charge is 0.0594 e. The van der Waals surface area contributed by atoms with Crippen LogP contribution in [-0.4, -0.2) is 31.2 Å². The van der Waals surface area contributed by atoms with Crippen LogP contribution in [-0.2, 0) is 4.74 Å². The van der Waals surface area contributed by atoms with Crippen LogP contribution in [0, 0.1) is 0 Å². The van der Waals surface area contributed by atoms with Gasteiger partial charge in [-0.3, -0.25) is 4.90 Å². The highest BCUT2D eigenvalue weighted by Gasteiger charge is 2.18. The fourth-order valence-corrected chi connectivity index (χ4v) is 2.49. The van der Waals surface area contributed by atoms with Crippen LogP contribution >= 0.6 is 11.3 Å². The summed E-state index contributed by atoms with van der Waals surface area (Å²) in [6.45, 7) is 6.18. The Morgan fingerprint density at radius 3 is 2.85 bits per heavy atom. The van der Waals surface area contributed by atoms with E-state index in [0.29, 0.717) is 6.04 Å². The Hall–Kier alpha value is -0.380.